The molecule has 5 rings (SSSR count). The van der Waals surface area contributed by atoms with Crippen molar-refractivity contribution in [1.82, 2.24) is 9.47 Å². The Balaban J connectivity index is 1.45. The molecule has 2 bridgehead atoms. The van der Waals surface area contributed by atoms with Gasteiger partial charge in [0.2, 0.25) is 0 Å². The van der Waals surface area contributed by atoms with E-state index in [1.165, 1.54) is 0 Å². The smallest absolute Gasteiger partial charge is 0.335 e. The summed E-state index contributed by atoms with van der Waals surface area (Å²) in [6.45, 7) is 2.56. The summed E-state index contributed by atoms with van der Waals surface area (Å²) in [4.78, 5) is 38.8. The van der Waals surface area contributed by atoms with Crippen LogP contribution in [-0.4, -0.2) is 52.3 Å². The number of rotatable bonds is 3. The number of aromatic nitrogens is 1. The Morgan fingerprint density at radius 2 is 1.83 bits per heavy atom. The third kappa shape index (κ3) is 3.33. The van der Waals surface area contributed by atoms with Gasteiger partial charge in [0, 0.05) is 43.9 Å². The van der Waals surface area contributed by atoms with Crippen molar-refractivity contribution in [3.8, 4) is 11.1 Å². The third-order valence-corrected chi connectivity index (χ3v) is 6.54. The number of hydrogen-bond acceptors (Lipinski definition) is 4. The third-order valence-electron chi connectivity index (χ3n) is 6.54. The number of aromatic carboxylic acids is 1. The predicted octanol–water partition coefficient (Wildman–Crippen LogP) is 2.34. The van der Waals surface area contributed by atoms with E-state index in [9.17, 15) is 14.4 Å². The van der Waals surface area contributed by atoms with Crippen LogP contribution >= 0.6 is 0 Å². The molecule has 2 fully saturated rings. The van der Waals surface area contributed by atoms with Crippen molar-refractivity contribution < 1.29 is 19.4 Å². The van der Waals surface area contributed by atoms with E-state index in [1.807, 2.05) is 15.5 Å². The number of carboxylic acid groups (broad SMARTS) is 1. The quantitative estimate of drug-likeness (QED) is 0.842. The highest BCUT2D eigenvalue weighted by atomic mass is 16.5. The number of carbonyl (C=O) groups is 2. The van der Waals surface area contributed by atoms with Gasteiger partial charge in [-0.3, -0.25) is 9.59 Å². The van der Waals surface area contributed by atoms with Gasteiger partial charge in [0.1, 0.15) is 6.10 Å². The fourth-order valence-corrected chi connectivity index (χ4v) is 5.09. The summed E-state index contributed by atoms with van der Waals surface area (Å²) >= 11 is 0. The monoisotopic (exact) mass is 408 g/mol. The summed E-state index contributed by atoms with van der Waals surface area (Å²) in [7, 11) is 0. The Hall–Kier alpha value is -2.93. The topological polar surface area (TPSA) is 88.8 Å². The van der Waals surface area contributed by atoms with Crippen LogP contribution in [0.3, 0.4) is 0 Å². The molecule has 2 saturated heterocycles. The van der Waals surface area contributed by atoms with E-state index in [4.69, 9.17) is 9.84 Å². The van der Waals surface area contributed by atoms with Gasteiger partial charge in [-0.2, -0.15) is 0 Å². The minimum atomic E-state index is -0.976. The number of hydrogen-bond donors (Lipinski definition) is 1. The number of carbonyl (C=O) groups excluding carboxylic acids is 1. The molecule has 0 radical (unpaired) electrons. The maximum atomic E-state index is 12.9. The summed E-state index contributed by atoms with van der Waals surface area (Å²) in [6, 6.07) is 10.2. The minimum absolute atomic E-state index is 0.0431. The van der Waals surface area contributed by atoms with E-state index in [0.717, 1.165) is 36.1 Å². The first kappa shape index (κ1) is 19.1. The van der Waals surface area contributed by atoms with Crippen molar-refractivity contribution in [2.45, 2.75) is 37.8 Å². The highest BCUT2D eigenvalue weighted by Gasteiger charge is 2.39. The number of carboxylic acids is 1. The van der Waals surface area contributed by atoms with Crippen LogP contribution in [-0.2, 0) is 16.1 Å². The molecule has 1 aromatic heterocycles. The maximum absolute atomic E-state index is 12.9. The number of pyridine rings is 1. The van der Waals surface area contributed by atoms with Crippen LogP contribution in [0.1, 0.15) is 41.2 Å². The lowest BCUT2D eigenvalue weighted by molar-refractivity contribution is -0.143. The fourth-order valence-electron chi connectivity index (χ4n) is 5.09. The zero-order chi connectivity index (χ0) is 20.8. The number of amides is 1. The molecule has 30 heavy (non-hydrogen) atoms. The number of piperidine rings is 1. The molecule has 7 nitrogen and oxygen atoms in total. The number of fused-ring (bicyclic) bond motifs is 4. The Morgan fingerprint density at radius 3 is 2.53 bits per heavy atom. The van der Waals surface area contributed by atoms with Crippen LogP contribution in [0.2, 0.25) is 0 Å². The molecule has 0 unspecified atom stereocenters. The van der Waals surface area contributed by atoms with Gasteiger partial charge in [-0.1, -0.05) is 12.1 Å². The highest BCUT2D eigenvalue weighted by molar-refractivity contribution is 5.88. The van der Waals surface area contributed by atoms with E-state index < -0.39 is 5.97 Å². The molecule has 1 amide bonds. The van der Waals surface area contributed by atoms with E-state index >= 15 is 0 Å². The second-order valence-electron chi connectivity index (χ2n) is 8.54. The van der Waals surface area contributed by atoms with E-state index in [2.05, 4.69) is 0 Å². The second-order valence-corrected chi connectivity index (χ2v) is 8.54. The fraction of sp³-hybridized carbons (Fsp3) is 0.435. The minimum Gasteiger partial charge on any atom is -0.478 e. The van der Waals surface area contributed by atoms with Crippen LogP contribution < -0.4 is 5.56 Å². The second kappa shape index (κ2) is 7.40. The molecule has 2 aromatic rings. The summed E-state index contributed by atoms with van der Waals surface area (Å²) in [6.07, 6.45) is 2.37. The lowest BCUT2D eigenvalue weighted by atomic mass is 9.82. The maximum Gasteiger partial charge on any atom is 0.335 e. The van der Waals surface area contributed by atoms with Gasteiger partial charge in [0.15, 0.2) is 0 Å². The first-order valence-electron chi connectivity index (χ1n) is 10.5. The van der Waals surface area contributed by atoms with Crippen molar-refractivity contribution in [3.63, 3.8) is 0 Å². The molecular weight excluding hydrogens is 384 g/mol. The molecule has 3 atom stereocenters. The SMILES string of the molecule is O=C(O)c1ccc(-c2cc3n(c(=O)c2)C[C@H]2C[C@@H]3CN(C(=O)[C@H]3CCCO3)C2)cc1. The average molecular weight is 408 g/mol. The lowest BCUT2D eigenvalue weighted by Crippen LogP contribution is -2.51. The van der Waals surface area contributed by atoms with Crippen LogP contribution in [0.25, 0.3) is 11.1 Å². The summed E-state index contributed by atoms with van der Waals surface area (Å²) in [5.41, 5.74) is 2.72. The molecule has 156 valence electrons. The van der Waals surface area contributed by atoms with Crippen LogP contribution in [0.4, 0.5) is 0 Å². The van der Waals surface area contributed by atoms with Crippen molar-refractivity contribution in [1.29, 1.82) is 0 Å². The van der Waals surface area contributed by atoms with Crippen molar-refractivity contribution in [3.05, 3.63) is 58.0 Å². The van der Waals surface area contributed by atoms with Gasteiger partial charge in [0.25, 0.3) is 11.5 Å². The number of nitrogens with zero attached hydrogens (tertiary/aromatic N) is 2. The molecule has 0 saturated carbocycles. The molecule has 7 heteroatoms. The Morgan fingerprint density at radius 1 is 1.03 bits per heavy atom. The summed E-state index contributed by atoms with van der Waals surface area (Å²) < 4.78 is 7.44. The largest absolute Gasteiger partial charge is 0.478 e. The van der Waals surface area contributed by atoms with E-state index in [1.54, 1.807) is 30.3 Å². The van der Waals surface area contributed by atoms with Gasteiger partial charge >= 0.3 is 5.97 Å². The molecule has 4 heterocycles. The standard InChI is InChI=1S/C23H24N2O5/c26-21-10-17(15-3-5-16(6-4-15)23(28)29)9-19-18-8-14(12-25(19)21)11-24(13-18)22(27)20-2-1-7-30-20/h3-6,9-10,14,18,20H,1-2,7-8,11-13H2,(H,28,29)/t14-,18+,20+/m0/s1. The number of likely N-dealkylation sites (tertiary alicyclic amines) is 1. The number of ether oxygens (including phenoxy) is 1. The van der Waals surface area contributed by atoms with E-state index in [0.29, 0.717) is 26.2 Å². The van der Waals surface area contributed by atoms with Crippen molar-refractivity contribution >= 4 is 11.9 Å². The molecule has 3 aliphatic rings. The Kier molecular flexibility index (Phi) is 4.70. The molecular formula is C23H24N2O5. The molecule has 3 aliphatic heterocycles. The highest BCUT2D eigenvalue weighted by Crippen LogP contribution is 2.37. The zero-order valence-electron chi connectivity index (χ0n) is 16.6. The Bertz CT molecular complexity index is 1050. The normalized spacial score (nSPS) is 25.1. The van der Waals surface area contributed by atoms with E-state index in [-0.39, 0.29) is 35.0 Å². The molecule has 1 N–H and O–H groups in total. The van der Waals surface area contributed by atoms with Gasteiger partial charge in [-0.05, 0) is 54.5 Å². The molecule has 0 aliphatic carbocycles. The number of benzene rings is 1. The van der Waals surface area contributed by atoms with Crippen molar-refractivity contribution in [2.24, 2.45) is 5.92 Å². The van der Waals surface area contributed by atoms with Crippen LogP contribution in [0, 0.1) is 5.92 Å². The summed E-state index contributed by atoms with van der Waals surface area (Å²) in [5.74, 6) is -0.497. The zero-order valence-corrected chi connectivity index (χ0v) is 16.6. The van der Waals surface area contributed by atoms with Crippen LogP contribution in [0.5, 0.6) is 0 Å². The van der Waals surface area contributed by atoms with Crippen molar-refractivity contribution in [2.75, 3.05) is 19.7 Å². The summed E-state index contributed by atoms with van der Waals surface area (Å²) in [5, 5.41) is 9.10. The van der Waals surface area contributed by atoms with Gasteiger partial charge in [0.05, 0.1) is 5.56 Å². The van der Waals surface area contributed by atoms with Gasteiger partial charge < -0.3 is 19.3 Å². The first-order chi connectivity index (χ1) is 14.5. The average Bonchev–Trinajstić information content (AvgIpc) is 3.28. The van der Waals surface area contributed by atoms with Gasteiger partial charge in [-0.25, -0.2) is 4.79 Å². The lowest BCUT2D eigenvalue weighted by Gasteiger charge is -2.43. The molecule has 1 aromatic carbocycles. The first-order valence-corrected chi connectivity index (χ1v) is 10.5. The van der Waals surface area contributed by atoms with Crippen LogP contribution in [0.15, 0.2) is 41.2 Å². The van der Waals surface area contributed by atoms with Gasteiger partial charge in [-0.15, -0.1) is 0 Å². The predicted molar refractivity (Wildman–Crippen MR) is 109 cm³/mol. The molecule has 0 spiro atoms. The Labute approximate surface area is 173 Å².